The maximum atomic E-state index is 11.8. The van der Waals surface area contributed by atoms with Crippen LogP contribution in [0.4, 0.5) is 21.0 Å². The maximum absolute atomic E-state index is 11.8. The van der Waals surface area contributed by atoms with Crippen molar-refractivity contribution in [2.75, 3.05) is 38.9 Å². The van der Waals surface area contributed by atoms with Crippen LogP contribution in [0.3, 0.4) is 0 Å². The molecule has 1 rings (SSSR count). The van der Waals surface area contributed by atoms with Crippen LogP contribution in [0.2, 0.25) is 0 Å². The standard InChI is InChI=1S/C13H20N4O4/c1-9-6-7-10(14-12(18)16(2)20-4)8-11(9)15-13(19)17(3)21-5/h6-8H,1-5H3,(H,14,18)(H,15,19). The molecular formula is C13H20N4O4. The van der Waals surface area contributed by atoms with Crippen LogP contribution >= 0.6 is 0 Å². The number of nitrogens with zero attached hydrogens (tertiary/aromatic N) is 2. The largest absolute Gasteiger partial charge is 0.345 e. The van der Waals surface area contributed by atoms with Crippen LogP contribution in [0, 0.1) is 6.92 Å². The molecule has 0 aliphatic rings. The lowest BCUT2D eigenvalue weighted by Crippen LogP contribution is -2.31. The van der Waals surface area contributed by atoms with Crippen molar-refractivity contribution in [1.29, 1.82) is 0 Å². The van der Waals surface area contributed by atoms with Gasteiger partial charge in [-0.05, 0) is 24.6 Å². The predicted octanol–water partition coefficient (Wildman–Crippen LogP) is 2.05. The van der Waals surface area contributed by atoms with Gasteiger partial charge in [-0.25, -0.2) is 19.7 Å². The van der Waals surface area contributed by atoms with Crippen LogP contribution in [-0.4, -0.2) is 50.5 Å². The van der Waals surface area contributed by atoms with Gasteiger partial charge in [0.05, 0.1) is 14.2 Å². The van der Waals surface area contributed by atoms with Crippen molar-refractivity contribution in [3.05, 3.63) is 23.8 Å². The molecule has 0 atom stereocenters. The Hall–Kier alpha value is -2.32. The molecule has 0 aromatic heterocycles. The normalized spacial score (nSPS) is 9.95. The van der Waals surface area contributed by atoms with Crippen molar-refractivity contribution in [3.8, 4) is 0 Å². The van der Waals surface area contributed by atoms with Crippen LogP contribution in [0.1, 0.15) is 5.56 Å². The highest BCUT2D eigenvalue weighted by atomic mass is 16.7. The minimum Gasteiger partial charge on any atom is -0.306 e. The summed E-state index contributed by atoms with van der Waals surface area (Å²) in [4.78, 5) is 33.0. The van der Waals surface area contributed by atoms with Crippen molar-refractivity contribution in [3.63, 3.8) is 0 Å². The van der Waals surface area contributed by atoms with E-state index in [4.69, 9.17) is 9.68 Å². The quantitative estimate of drug-likeness (QED) is 0.833. The Bertz CT molecular complexity index is 521. The van der Waals surface area contributed by atoms with Crippen molar-refractivity contribution < 1.29 is 19.3 Å². The van der Waals surface area contributed by atoms with Gasteiger partial charge in [0.15, 0.2) is 0 Å². The lowest BCUT2D eigenvalue weighted by atomic mass is 10.2. The second-order valence-electron chi connectivity index (χ2n) is 4.25. The van der Waals surface area contributed by atoms with E-state index in [1.165, 1.54) is 28.3 Å². The molecule has 8 nitrogen and oxygen atoms in total. The first-order valence-corrected chi connectivity index (χ1v) is 6.17. The zero-order valence-corrected chi connectivity index (χ0v) is 12.8. The molecule has 0 spiro atoms. The number of benzene rings is 1. The number of hydrogen-bond donors (Lipinski definition) is 2. The van der Waals surface area contributed by atoms with E-state index in [1.807, 2.05) is 6.92 Å². The lowest BCUT2D eigenvalue weighted by Gasteiger charge is -2.18. The Morgan fingerprint density at radius 2 is 1.52 bits per heavy atom. The van der Waals surface area contributed by atoms with Crippen molar-refractivity contribution in [1.82, 2.24) is 10.1 Å². The molecule has 21 heavy (non-hydrogen) atoms. The van der Waals surface area contributed by atoms with Crippen molar-refractivity contribution >= 4 is 23.4 Å². The van der Waals surface area contributed by atoms with Gasteiger partial charge in [0.2, 0.25) is 0 Å². The highest BCUT2D eigenvalue weighted by Crippen LogP contribution is 2.21. The number of amides is 4. The summed E-state index contributed by atoms with van der Waals surface area (Å²) in [6, 6.07) is 4.32. The zero-order valence-electron chi connectivity index (χ0n) is 12.8. The monoisotopic (exact) mass is 296 g/mol. The molecule has 0 aliphatic carbocycles. The topological polar surface area (TPSA) is 83.1 Å². The second-order valence-corrected chi connectivity index (χ2v) is 4.25. The van der Waals surface area contributed by atoms with Gasteiger partial charge in [0.1, 0.15) is 0 Å². The number of aryl methyl sites for hydroxylation is 1. The number of nitrogens with one attached hydrogen (secondary N) is 2. The fourth-order valence-electron chi connectivity index (χ4n) is 1.40. The third-order valence-electron chi connectivity index (χ3n) is 2.85. The number of rotatable bonds is 4. The Kier molecular flexibility index (Phi) is 5.94. The number of carbonyl (C=O) groups is 2. The third kappa shape index (κ3) is 4.62. The summed E-state index contributed by atoms with van der Waals surface area (Å²) in [5.74, 6) is 0. The highest BCUT2D eigenvalue weighted by molar-refractivity contribution is 5.92. The average Bonchev–Trinajstić information content (AvgIpc) is 2.48. The minimum atomic E-state index is -0.423. The average molecular weight is 296 g/mol. The fraction of sp³-hybridized carbons (Fsp3) is 0.385. The molecule has 2 N–H and O–H groups in total. The van der Waals surface area contributed by atoms with Gasteiger partial charge >= 0.3 is 12.1 Å². The van der Waals surface area contributed by atoms with Gasteiger partial charge in [-0.1, -0.05) is 6.07 Å². The van der Waals surface area contributed by atoms with E-state index >= 15 is 0 Å². The maximum Gasteiger partial charge on any atom is 0.345 e. The molecular weight excluding hydrogens is 276 g/mol. The molecule has 0 radical (unpaired) electrons. The molecule has 4 amide bonds. The first-order valence-electron chi connectivity index (χ1n) is 6.17. The van der Waals surface area contributed by atoms with Crippen LogP contribution in [0.5, 0.6) is 0 Å². The van der Waals surface area contributed by atoms with Crippen LogP contribution in [0.15, 0.2) is 18.2 Å². The van der Waals surface area contributed by atoms with E-state index in [-0.39, 0.29) is 0 Å². The molecule has 0 bridgehead atoms. The van der Waals surface area contributed by atoms with Crippen molar-refractivity contribution in [2.24, 2.45) is 0 Å². The van der Waals surface area contributed by atoms with Gasteiger partial charge in [-0.15, -0.1) is 0 Å². The summed E-state index contributed by atoms with van der Waals surface area (Å²) in [6.07, 6.45) is 0. The van der Waals surface area contributed by atoms with Gasteiger partial charge in [-0.3, -0.25) is 9.68 Å². The molecule has 8 heteroatoms. The van der Waals surface area contributed by atoms with E-state index in [2.05, 4.69) is 10.6 Å². The number of hydroxylamine groups is 4. The van der Waals surface area contributed by atoms with E-state index in [9.17, 15) is 9.59 Å². The Labute approximate surface area is 123 Å². The Morgan fingerprint density at radius 3 is 2.05 bits per heavy atom. The van der Waals surface area contributed by atoms with Crippen molar-refractivity contribution in [2.45, 2.75) is 6.92 Å². The summed E-state index contributed by atoms with van der Waals surface area (Å²) in [7, 11) is 5.76. The molecule has 0 saturated carbocycles. The fourth-order valence-corrected chi connectivity index (χ4v) is 1.40. The lowest BCUT2D eigenvalue weighted by molar-refractivity contribution is -0.0598. The summed E-state index contributed by atoms with van der Waals surface area (Å²) in [6.45, 7) is 1.84. The van der Waals surface area contributed by atoms with Gasteiger partial charge in [-0.2, -0.15) is 0 Å². The summed E-state index contributed by atoms with van der Waals surface area (Å²) >= 11 is 0. The second kappa shape index (κ2) is 7.46. The third-order valence-corrected chi connectivity index (χ3v) is 2.85. The van der Waals surface area contributed by atoms with Gasteiger partial charge in [0, 0.05) is 25.5 Å². The molecule has 0 aliphatic heterocycles. The van der Waals surface area contributed by atoms with E-state index in [0.717, 1.165) is 15.7 Å². The molecule has 1 aromatic rings. The zero-order chi connectivity index (χ0) is 16.0. The summed E-state index contributed by atoms with van der Waals surface area (Å²) < 4.78 is 0. The summed E-state index contributed by atoms with van der Waals surface area (Å²) in [5, 5.41) is 7.44. The number of hydrogen-bond acceptors (Lipinski definition) is 4. The highest BCUT2D eigenvalue weighted by Gasteiger charge is 2.12. The van der Waals surface area contributed by atoms with Crippen LogP contribution in [-0.2, 0) is 9.68 Å². The molecule has 1 aromatic carbocycles. The van der Waals surface area contributed by atoms with Crippen LogP contribution < -0.4 is 10.6 Å². The molecule has 0 saturated heterocycles. The van der Waals surface area contributed by atoms with E-state index < -0.39 is 12.1 Å². The van der Waals surface area contributed by atoms with E-state index in [0.29, 0.717) is 11.4 Å². The molecule has 116 valence electrons. The van der Waals surface area contributed by atoms with Gasteiger partial charge < -0.3 is 10.6 Å². The SMILES string of the molecule is CON(C)C(=O)Nc1ccc(C)c(NC(=O)N(C)OC)c1. The summed E-state index contributed by atoms with van der Waals surface area (Å²) in [5.41, 5.74) is 1.96. The molecule has 0 fully saturated rings. The Morgan fingerprint density at radius 1 is 1.00 bits per heavy atom. The number of carbonyl (C=O) groups excluding carboxylic acids is 2. The van der Waals surface area contributed by atoms with Gasteiger partial charge in [0.25, 0.3) is 0 Å². The Balaban J connectivity index is 2.85. The predicted molar refractivity (Wildman–Crippen MR) is 78.8 cm³/mol. The molecule has 0 unspecified atom stereocenters. The molecule has 0 heterocycles. The number of anilines is 2. The smallest absolute Gasteiger partial charge is 0.306 e. The van der Waals surface area contributed by atoms with E-state index in [1.54, 1.807) is 18.2 Å². The number of urea groups is 2. The first kappa shape index (κ1) is 16.7. The first-order chi connectivity index (χ1) is 9.88. The van der Waals surface area contributed by atoms with Crippen LogP contribution in [0.25, 0.3) is 0 Å². The minimum absolute atomic E-state index is 0.418.